The monoisotopic (exact) mass is 256 g/mol. The third-order valence-electron chi connectivity index (χ3n) is 4.02. The average molecular weight is 256 g/mol. The molecule has 1 saturated heterocycles. The highest BCUT2D eigenvalue weighted by atomic mass is 16.5. The van der Waals surface area contributed by atoms with Crippen molar-refractivity contribution in [2.75, 3.05) is 20.3 Å². The topological polar surface area (TPSA) is 87.7 Å². The molecule has 2 aliphatic rings. The summed E-state index contributed by atoms with van der Waals surface area (Å²) in [6.45, 7) is 0.849. The summed E-state index contributed by atoms with van der Waals surface area (Å²) in [7, 11) is 1.78. The van der Waals surface area contributed by atoms with Gasteiger partial charge in [0.25, 0.3) is 0 Å². The van der Waals surface area contributed by atoms with Crippen molar-refractivity contribution < 1.29 is 19.4 Å². The molecule has 0 aromatic heterocycles. The van der Waals surface area contributed by atoms with E-state index < -0.39 is 11.5 Å². The normalized spacial score (nSPS) is 30.3. The lowest BCUT2D eigenvalue weighted by atomic mass is 9.95. The van der Waals surface area contributed by atoms with Crippen LogP contribution in [-0.2, 0) is 14.3 Å². The molecule has 1 amide bonds. The van der Waals surface area contributed by atoms with Crippen LogP contribution >= 0.6 is 0 Å². The maximum absolute atomic E-state index is 12.2. The van der Waals surface area contributed by atoms with Crippen LogP contribution in [0.25, 0.3) is 0 Å². The first kappa shape index (κ1) is 13.3. The highest BCUT2D eigenvalue weighted by Crippen LogP contribution is 2.30. The van der Waals surface area contributed by atoms with Gasteiger partial charge in [0.15, 0.2) is 0 Å². The fourth-order valence-electron chi connectivity index (χ4n) is 2.80. The zero-order valence-corrected chi connectivity index (χ0v) is 10.6. The van der Waals surface area contributed by atoms with E-state index in [1.165, 1.54) is 0 Å². The van der Waals surface area contributed by atoms with E-state index in [1.54, 1.807) is 7.05 Å². The Bertz CT molecular complexity index is 339. The predicted molar refractivity (Wildman–Crippen MR) is 64.1 cm³/mol. The van der Waals surface area contributed by atoms with E-state index in [9.17, 15) is 14.7 Å². The lowest BCUT2D eigenvalue weighted by Gasteiger charge is -2.28. The van der Waals surface area contributed by atoms with Crippen molar-refractivity contribution in [2.45, 2.75) is 37.3 Å². The van der Waals surface area contributed by atoms with E-state index in [-0.39, 0.29) is 17.9 Å². The Morgan fingerprint density at radius 3 is 2.50 bits per heavy atom. The molecule has 18 heavy (non-hydrogen) atoms. The number of carbonyl (C=O) groups excluding carboxylic acids is 1. The summed E-state index contributed by atoms with van der Waals surface area (Å²) in [6.07, 6.45) is 2.74. The van der Waals surface area contributed by atoms with E-state index in [0.29, 0.717) is 26.1 Å². The fourth-order valence-corrected chi connectivity index (χ4v) is 2.80. The van der Waals surface area contributed by atoms with Crippen molar-refractivity contribution in [2.24, 2.45) is 5.92 Å². The SMILES string of the molecule is CNC1COCC1C(=O)NC1(C(=O)O)CCCC1. The first-order valence-electron chi connectivity index (χ1n) is 6.39. The summed E-state index contributed by atoms with van der Waals surface area (Å²) in [5.74, 6) is -1.43. The van der Waals surface area contributed by atoms with Crippen molar-refractivity contribution in [1.29, 1.82) is 0 Å². The van der Waals surface area contributed by atoms with E-state index >= 15 is 0 Å². The zero-order chi connectivity index (χ0) is 13.2. The number of carboxylic acid groups (broad SMARTS) is 1. The van der Waals surface area contributed by atoms with Crippen LogP contribution in [0.2, 0.25) is 0 Å². The molecule has 0 aromatic carbocycles. The second-order valence-electron chi connectivity index (χ2n) is 5.12. The molecule has 2 atom stereocenters. The van der Waals surface area contributed by atoms with Crippen molar-refractivity contribution in [3.63, 3.8) is 0 Å². The molecule has 2 fully saturated rings. The fraction of sp³-hybridized carbons (Fsp3) is 0.833. The molecule has 0 bridgehead atoms. The summed E-state index contributed by atoms with van der Waals surface area (Å²) >= 11 is 0. The highest BCUT2D eigenvalue weighted by Gasteiger charge is 2.45. The third kappa shape index (κ3) is 2.35. The van der Waals surface area contributed by atoms with Gasteiger partial charge in [0.05, 0.1) is 19.1 Å². The average Bonchev–Trinajstić information content (AvgIpc) is 2.97. The Labute approximate surface area is 106 Å². The van der Waals surface area contributed by atoms with Gasteiger partial charge in [-0.25, -0.2) is 4.79 Å². The second-order valence-corrected chi connectivity index (χ2v) is 5.12. The second kappa shape index (κ2) is 5.24. The van der Waals surface area contributed by atoms with E-state index in [0.717, 1.165) is 12.8 Å². The molecule has 102 valence electrons. The number of amides is 1. The molecule has 1 heterocycles. The quantitative estimate of drug-likeness (QED) is 0.644. The maximum atomic E-state index is 12.2. The van der Waals surface area contributed by atoms with Crippen LogP contribution in [0.1, 0.15) is 25.7 Å². The molecule has 1 aliphatic heterocycles. The minimum atomic E-state index is -1.06. The molecule has 0 spiro atoms. The van der Waals surface area contributed by atoms with Crippen molar-refractivity contribution >= 4 is 11.9 Å². The van der Waals surface area contributed by atoms with Crippen LogP contribution in [0, 0.1) is 5.92 Å². The number of nitrogens with one attached hydrogen (secondary N) is 2. The number of aliphatic carboxylic acids is 1. The van der Waals surface area contributed by atoms with Crippen molar-refractivity contribution in [1.82, 2.24) is 10.6 Å². The first-order valence-corrected chi connectivity index (χ1v) is 6.39. The summed E-state index contributed by atoms with van der Waals surface area (Å²) in [4.78, 5) is 23.5. The molecule has 0 radical (unpaired) electrons. The van der Waals surface area contributed by atoms with Crippen molar-refractivity contribution in [3.8, 4) is 0 Å². The number of hydrogen-bond acceptors (Lipinski definition) is 4. The van der Waals surface area contributed by atoms with Crippen LogP contribution < -0.4 is 10.6 Å². The lowest BCUT2D eigenvalue weighted by Crippen LogP contribution is -2.56. The predicted octanol–water partition coefficient (Wildman–Crippen LogP) is -0.266. The minimum Gasteiger partial charge on any atom is -0.480 e. The Kier molecular flexibility index (Phi) is 3.87. The number of carboxylic acids is 1. The van der Waals surface area contributed by atoms with E-state index in [4.69, 9.17) is 4.74 Å². The van der Waals surface area contributed by atoms with Gasteiger partial charge in [-0.15, -0.1) is 0 Å². The largest absolute Gasteiger partial charge is 0.480 e. The number of hydrogen-bond donors (Lipinski definition) is 3. The van der Waals surface area contributed by atoms with Crippen LogP contribution in [0.5, 0.6) is 0 Å². The maximum Gasteiger partial charge on any atom is 0.329 e. The van der Waals surface area contributed by atoms with Crippen LogP contribution in [-0.4, -0.2) is 48.8 Å². The van der Waals surface area contributed by atoms with Crippen LogP contribution in [0.15, 0.2) is 0 Å². The first-order chi connectivity index (χ1) is 8.59. The number of rotatable bonds is 4. The summed E-state index contributed by atoms with van der Waals surface area (Å²) < 4.78 is 5.27. The Hall–Kier alpha value is -1.14. The molecule has 0 aromatic rings. The number of ether oxygens (including phenoxy) is 1. The molecule has 6 nitrogen and oxygen atoms in total. The van der Waals surface area contributed by atoms with Gasteiger partial charge in [-0.05, 0) is 19.9 Å². The van der Waals surface area contributed by atoms with Crippen LogP contribution in [0.3, 0.4) is 0 Å². The van der Waals surface area contributed by atoms with Gasteiger partial charge >= 0.3 is 5.97 Å². The Morgan fingerprint density at radius 2 is 1.94 bits per heavy atom. The van der Waals surface area contributed by atoms with Gasteiger partial charge in [0.2, 0.25) is 5.91 Å². The molecule has 3 N–H and O–H groups in total. The van der Waals surface area contributed by atoms with E-state index in [1.807, 2.05) is 0 Å². The van der Waals surface area contributed by atoms with Gasteiger partial charge < -0.3 is 20.5 Å². The Morgan fingerprint density at radius 1 is 1.28 bits per heavy atom. The molecule has 1 saturated carbocycles. The van der Waals surface area contributed by atoms with Gasteiger partial charge in [-0.2, -0.15) is 0 Å². The zero-order valence-electron chi connectivity index (χ0n) is 10.6. The Balaban J connectivity index is 2.03. The van der Waals surface area contributed by atoms with Gasteiger partial charge in [-0.3, -0.25) is 4.79 Å². The summed E-state index contributed by atoms with van der Waals surface area (Å²) in [6, 6.07) is -0.0303. The molecule has 1 aliphatic carbocycles. The highest BCUT2D eigenvalue weighted by molar-refractivity contribution is 5.88. The third-order valence-corrected chi connectivity index (χ3v) is 4.02. The van der Waals surface area contributed by atoms with Crippen molar-refractivity contribution in [3.05, 3.63) is 0 Å². The standard InChI is InChI=1S/C12H20N2O4/c1-13-9-7-18-6-8(9)10(15)14-12(11(16)17)4-2-3-5-12/h8-9,13H,2-7H2,1H3,(H,14,15)(H,16,17). The number of carbonyl (C=O) groups is 2. The van der Waals surface area contributed by atoms with E-state index in [2.05, 4.69) is 10.6 Å². The van der Waals surface area contributed by atoms with Gasteiger partial charge in [-0.1, -0.05) is 12.8 Å². The molecule has 6 heteroatoms. The lowest BCUT2D eigenvalue weighted by molar-refractivity contribution is -0.148. The minimum absolute atomic E-state index is 0.0303. The van der Waals surface area contributed by atoms with Crippen LogP contribution in [0.4, 0.5) is 0 Å². The van der Waals surface area contributed by atoms with Gasteiger partial charge in [0.1, 0.15) is 5.54 Å². The number of likely N-dealkylation sites (N-methyl/N-ethyl adjacent to an activating group) is 1. The molecular formula is C12H20N2O4. The molecule has 2 rings (SSSR count). The molecular weight excluding hydrogens is 236 g/mol. The summed E-state index contributed by atoms with van der Waals surface area (Å²) in [5.41, 5.74) is -1.06. The smallest absolute Gasteiger partial charge is 0.329 e. The summed E-state index contributed by atoms with van der Waals surface area (Å²) in [5, 5.41) is 15.1. The van der Waals surface area contributed by atoms with Gasteiger partial charge in [0, 0.05) is 6.04 Å². The molecule has 2 unspecified atom stereocenters.